The second kappa shape index (κ2) is 9.84. The lowest BCUT2D eigenvalue weighted by molar-refractivity contribution is -0.149. The summed E-state index contributed by atoms with van der Waals surface area (Å²) >= 11 is 0. The number of nitrogens with two attached hydrogens (primary N) is 2. The average Bonchev–Trinajstić information content (AvgIpc) is 2.70. The van der Waals surface area contributed by atoms with Crippen LogP contribution in [0.1, 0.15) is 51.5 Å². The summed E-state index contributed by atoms with van der Waals surface area (Å²) in [5.41, 5.74) is 10.1. The van der Waals surface area contributed by atoms with Gasteiger partial charge in [-0.2, -0.15) is 0 Å². The van der Waals surface area contributed by atoms with E-state index in [-0.39, 0.29) is 11.9 Å². The van der Waals surface area contributed by atoms with Gasteiger partial charge in [0.15, 0.2) is 5.96 Å². The van der Waals surface area contributed by atoms with Gasteiger partial charge >= 0.3 is 0 Å². The van der Waals surface area contributed by atoms with Crippen LogP contribution in [0.2, 0.25) is 0 Å². The third-order valence-corrected chi connectivity index (χ3v) is 5.53. The minimum absolute atomic E-state index is 0.130. The molecule has 2 rings (SSSR count). The van der Waals surface area contributed by atoms with Crippen LogP contribution >= 0.6 is 0 Å². The van der Waals surface area contributed by atoms with Gasteiger partial charge in [0.1, 0.15) is 5.54 Å². The van der Waals surface area contributed by atoms with Crippen LogP contribution < -0.4 is 22.1 Å². The standard InChI is InChI=1S/C21H33N6O2/c1-16(22)18(29)27(20(2)11-6-7-14-26-20)21(15-28,12-8-13-25-19(23)24)17-9-4-3-5-10-17/h3-5,9-10,16,26H,6-8,11-14,22H2,1-2H3,(H4,23,24,25)/t16-,20?,21-/m0/s1. The van der Waals surface area contributed by atoms with E-state index in [0.717, 1.165) is 19.4 Å². The quantitative estimate of drug-likeness (QED) is 0.237. The summed E-state index contributed by atoms with van der Waals surface area (Å²) in [6, 6.07) is 8.49. The minimum atomic E-state index is -1.30. The molecule has 1 aliphatic heterocycles. The third kappa shape index (κ3) is 5.13. The van der Waals surface area contributed by atoms with Crippen molar-refractivity contribution in [3.05, 3.63) is 35.9 Å². The Morgan fingerprint density at radius 2 is 2.10 bits per heavy atom. The maximum Gasteiger partial charge on any atom is 0.241 e. The highest BCUT2D eigenvalue weighted by atomic mass is 16.2. The summed E-state index contributed by atoms with van der Waals surface area (Å²) in [6.45, 7) is 4.76. The minimum Gasteiger partial charge on any atom is -0.370 e. The van der Waals surface area contributed by atoms with E-state index in [9.17, 15) is 9.59 Å². The molecule has 8 nitrogen and oxygen atoms in total. The highest BCUT2D eigenvalue weighted by molar-refractivity contribution is 5.87. The van der Waals surface area contributed by atoms with Gasteiger partial charge in [-0.3, -0.25) is 20.3 Å². The summed E-state index contributed by atoms with van der Waals surface area (Å²) in [6.07, 6.45) is 5.75. The molecule has 0 saturated carbocycles. The molecule has 8 heteroatoms. The van der Waals surface area contributed by atoms with Crippen molar-refractivity contribution < 1.29 is 9.59 Å². The summed E-state index contributed by atoms with van der Waals surface area (Å²) in [7, 11) is 0. The van der Waals surface area contributed by atoms with Gasteiger partial charge in [0, 0.05) is 6.54 Å². The van der Waals surface area contributed by atoms with Crippen LogP contribution in [0.25, 0.3) is 0 Å². The molecule has 1 unspecified atom stereocenters. The van der Waals surface area contributed by atoms with Gasteiger partial charge in [0.05, 0.1) is 11.7 Å². The fourth-order valence-electron chi connectivity index (χ4n) is 4.11. The van der Waals surface area contributed by atoms with Gasteiger partial charge in [-0.15, -0.1) is 0 Å². The summed E-state index contributed by atoms with van der Waals surface area (Å²) in [5, 5.41) is 13.5. The lowest BCUT2D eigenvalue weighted by atomic mass is 9.80. The van der Waals surface area contributed by atoms with E-state index in [1.807, 2.05) is 37.3 Å². The van der Waals surface area contributed by atoms with Gasteiger partial charge < -0.3 is 21.7 Å². The Bertz CT molecular complexity index is 702. The fourth-order valence-corrected chi connectivity index (χ4v) is 4.11. The van der Waals surface area contributed by atoms with Crippen LogP contribution in [-0.2, 0) is 15.1 Å². The normalized spacial score (nSPS) is 22.2. The van der Waals surface area contributed by atoms with Crippen molar-refractivity contribution in [3.63, 3.8) is 0 Å². The Hall–Kier alpha value is -2.45. The molecule has 1 aliphatic rings. The molecule has 0 spiro atoms. The Labute approximate surface area is 172 Å². The molecule has 1 aromatic rings. The largest absolute Gasteiger partial charge is 0.370 e. The number of nitrogens with one attached hydrogen (secondary N) is 3. The molecule has 0 aliphatic carbocycles. The first-order chi connectivity index (χ1) is 13.8. The Morgan fingerprint density at radius 1 is 1.41 bits per heavy atom. The highest BCUT2D eigenvalue weighted by Crippen LogP contribution is 2.39. The fraction of sp³-hybridized carbons (Fsp3) is 0.571. The van der Waals surface area contributed by atoms with Crippen LogP contribution in [0.4, 0.5) is 0 Å². The number of hydrogen-bond donors (Lipinski definition) is 5. The van der Waals surface area contributed by atoms with E-state index < -0.39 is 17.2 Å². The number of piperidine rings is 1. The molecule has 0 bridgehead atoms. The molecule has 1 fully saturated rings. The monoisotopic (exact) mass is 401 g/mol. The number of amides is 1. The SMILES string of the molecule is C[C@H](N)C(=O)N(C1(C)CCCCN1)[C@]([C]=O)(CCCNC(=N)N)c1ccccc1. The molecule has 1 amide bonds. The highest BCUT2D eigenvalue weighted by Gasteiger charge is 2.51. The van der Waals surface area contributed by atoms with Gasteiger partial charge in [-0.05, 0) is 58.1 Å². The van der Waals surface area contributed by atoms with E-state index in [0.29, 0.717) is 31.4 Å². The smallest absolute Gasteiger partial charge is 0.241 e. The molecule has 1 heterocycles. The van der Waals surface area contributed by atoms with E-state index in [1.165, 1.54) is 0 Å². The van der Waals surface area contributed by atoms with E-state index in [2.05, 4.69) is 16.9 Å². The van der Waals surface area contributed by atoms with Crippen molar-refractivity contribution in [3.8, 4) is 0 Å². The van der Waals surface area contributed by atoms with Crippen molar-refractivity contribution in [2.24, 2.45) is 11.5 Å². The number of nitrogens with zero attached hydrogens (tertiary/aromatic N) is 1. The molecule has 29 heavy (non-hydrogen) atoms. The van der Waals surface area contributed by atoms with Gasteiger partial charge in [-0.25, -0.2) is 0 Å². The zero-order chi connectivity index (χ0) is 21.5. The number of rotatable bonds is 9. The first-order valence-corrected chi connectivity index (χ1v) is 10.1. The van der Waals surface area contributed by atoms with Crippen LogP contribution in [-0.4, -0.2) is 47.8 Å². The van der Waals surface area contributed by atoms with Crippen LogP contribution in [0.3, 0.4) is 0 Å². The lowest BCUT2D eigenvalue weighted by Crippen LogP contribution is -2.69. The van der Waals surface area contributed by atoms with Crippen LogP contribution in [0, 0.1) is 5.41 Å². The van der Waals surface area contributed by atoms with Crippen LogP contribution in [0.5, 0.6) is 0 Å². The van der Waals surface area contributed by atoms with Crippen molar-refractivity contribution in [2.75, 3.05) is 13.1 Å². The van der Waals surface area contributed by atoms with Crippen molar-refractivity contribution in [1.82, 2.24) is 15.5 Å². The zero-order valence-corrected chi connectivity index (χ0v) is 17.3. The average molecular weight is 402 g/mol. The topological polar surface area (TPSA) is 137 Å². The zero-order valence-electron chi connectivity index (χ0n) is 17.3. The maximum atomic E-state index is 13.4. The molecular weight excluding hydrogens is 368 g/mol. The molecular formula is C21H33N6O2. The Kier molecular flexibility index (Phi) is 7.75. The second-order valence-corrected chi connectivity index (χ2v) is 7.89. The van der Waals surface area contributed by atoms with Gasteiger partial charge in [0.2, 0.25) is 12.2 Å². The molecule has 1 aromatic carbocycles. The molecule has 7 N–H and O–H groups in total. The third-order valence-electron chi connectivity index (χ3n) is 5.53. The number of hydrogen-bond acceptors (Lipinski definition) is 5. The molecule has 1 saturated heterocycles. The Balaban J connectivity index is 2.54. The first-order valence-electron chi connectivity index (χ1n) is 10.1. The molecule has 3 atom stereocenters. The van der Waals surface area contributed by atoms with Crippen LogP contribution in [0.15, 0.2) is 30.3 Å². The maximum absolute atomic E-state index is 13.4. The van der Waals surface area contributed by atoms with Gasteiger partial charge in [-0.1, -0.05) is 30.3 Å². The summed E-state index contributed by atoms with van der Waals surface area (Å²) in [4.78, 5) is 27.6. The van der Waals surface area contributed by atoms with E-state index in [1.54, 1.807) is 11.8 Å². The first kappa shape index (κ1) is 22.8. The predicted octanol–water partition coefficient (Wildman–Crippen LogP) is 0.920. The predicted molar refractivity (Wildman–Crippen MR) is 114 cm³/mol. The number of benzene rings is 1. The lowest BCUT2D eigenvalue weighted by Gasteiger charge is -2.53. The molecule has 0 aromatic heterocycles. The summed E-state index contributed by atoms with van der Waals surface area (Å²) < 4.78 is 0. The van der Waals surface area contributed by atoms with E-state index >= 15 is 0 Å². The second-order valence-electron chi connectivity index (χ2n) is 7.89. The van der Waals surface area contributed by atoms with Crippen molar-refractivity contribution >= 4 is 18.2 Å². The van der Waals surface area contributed by atoms with Crippen molar-refractivity contribution in [2.45, 2.75) is 63.2 Å². The molecule has 1 radical (unpaired) electrons. The number of carbonyl (C=O) groups is 1. The van der Waals surface area contributed by atoms with E-state index in [4.69, 9.17) is 16.9 Å². The summed E-state index contributed by atoms with van der Waals surface area (Å²) in [5.74, 6) is -0.427. The van der Waals surface area contributed by atoms with Gasteiger partial charge in [0.25, 0.3) is 0 Å². The van der Waals surface area contributed by atoms with Crippen molar-refractivity contribution in [1.29, 1.82) is 5.41 Å². The molecule has 159 valence electrons. The number of carbonyl (C=O) groups excluding carboxylic acids is 2. The Morgan fingerprint density at radius 3 is 2.62 bits per heavy atom. The number of guanidine groups is 1.